The Balaban J connectivity index is 1.28. The van der Waals surface area contributed by atoms with Crippen LogP contribution < -0.4 is 5.32 Å². The first-order valence-electron chi connectivity index (χ1n) is 10.4. The largest absolute Gasteiger partial charge is 0.508 e. The van der Waals surface area contributed by atoms with Crippen molar-refractivity contribution in [3.8, 4) is 5.75 Å². The molecule has 1 aliphatic heterocycles. The molecule has 3 N–H and O–H groups in total. The molecule has 6 heteroatoms. The van der Waals surface area contributed by atoms with Crippen molar-refractivity contribution in [3.63, 3.8) is 0 Å². The van der Waals surface area contributed by atoms with E-state index in [1.165, 1.54) is 0 Å². The summed E-state index contributed by atoms with van der Waals surface area (Å²) < 4.78 is 0. The molecule has 0 spiro atoms. The van der Waals surface area contributed by atoms with Gasteiger partial charge in [-0.15, -0.1) is 0 Å². The van der Waals surface area contributed by atoms with Crippen LogP contribution in [-0.4, -0.2) is 51.6 Å². The summed E-state index contributed by atoms with van der Waals surface area (Å²) in [5.41, 5.74) is 3.27. The smallest absolute Gasteiger partial charge is 0.151 e. The minimum absolute atomic E-state index is 0.106. The van der Waals surface area contributed by atoms with E-state index < -0.39 is 0 Å². The van der Waals surface area contributed by atoms with Gasteiger partial charge in [0.05, 0.1) is 18.7 Å². The Morgan fingerprint density at radius 1 is 1.13 bits per heavy atom. The van der Waals surface area contributed by atoms with Crippen LogP contribution in [0.2, 0.25) is 0 Å². The molecule has 0 saturated carbocycles. The molecular formula is C24H27N3O3. The zero-order valence-electron chi connectivity index (χ0n) is 16.9. The number of anilines is 1. The van der Waals surface area contributed by atoms with E-state index in [4.69, 9.17) is 0 Å². The van der Waals surface area contributed by atoms with Gasteiger partial charge >= 0.3 is 0 Å². The number of aromatic hydroxyl groups is 1. The summed E-state index contributed by atoms with van der Waals surface area (Å²) in [5.74, 6) is 0.329. The van der Waals surface area contributed by atoms with Crippen LogP contribution in [0.1, 0.15) is 24.0 Å². The molecule has 1 saturated heterocycles. The molecule has 30 heavy (non-hydrogen) atoms. The van der Waals surface area contributed by atoms with E-state index in [1.807, 2.05) is 36.4 Å². The van der Waals surface area contributed by atoms with Crippen molar-refractivity contribution in [2.45, 2.75) is 31.9 Å². The average molecular weight is 405 g/mol. The van der Waals surface area contributed by atoms with Crippen LogP contribution >= 0.6 is 0 Å². The SMILES string of the molecule is O=C(Cc1ccc2ncccc2c1)CN1CCC(Nc2cccc(O)c2CO)CC1. The highest BCUT2D eigenvalue weighted by atomic mass is 16.3. The molecule has 0 aliphatic carbocycles. The van der Waals surface area contributed by atoms with Crippen LogP contribution in [0.4, 0.5) is 5.69 Å². The number of aromatic nitrogens is 1. The first-order chi connectivity index (χ1) is 14.6. The minimum atomic E-state index is -0.201. The quantitative estimate of drug-likeness (QED) is 0.560. The zero-order chi connectivity index (χ0) is 20.9. The summed E-state index contributed by atoms with van der Waals surface area (Å²) in [4.78, 5) is 19.1. The molecule has 2 aromatic carbocycles. The molecule has 3 aromatic rings. The fraction of sp³-hybridized carbons (Fsp3) is 0.333. The Hall–Kier alpha value is -2.96. The van der Waals surface area contributed by atoms with Crippen LogP contribution in [0.5, 0.6) is 5.75 Å². The van der Waals surface area contributed by atoms with Crippen LogP contribution in [-0.2, 0) is 17.8 Å². The number of carbonyl (C=O) groups excluding carboxylic acids is 1. The van der Waals surface area contributed by atoms with Crippen LogP contribution in [0.25, 0.3) is 10.9 Å². The van der Waals surface area contributed by atoms with Crippen LogP contribution in [0, 0.1) is 0 Å². The first kappa shape index (κ1) is 20.3. The zero-order valence-corrected chi connectivity index (χ0v) is 16.9. The third kappa shape index (κ3) is 4.78. The molecule has 156 valence electrons. The topological polar surface area (TPSA) is 85.7 Å². The molecule has 0 radical (unpaired) electrons. The van der Waals surface area contributed by atoms with E-state index in [0.717, 1.165) is 48.1 Å². The second-order valence-corrected chi connectivity index (χ2v) is 7.90. The van der Waals surface area contributed by atoms with Crippen molar-refractivity contribution >= 4 is 22.4 Å². The van der Waals surface area contributed by atoms with Crippen molar-refractivity contribution < 1.29 is 15.0 Å². The molecule has 0 amide bonds. The van der Waals surface area contributed by atoms with Crippen LogP contribution in [0.15, 0.2) is 54.7 Å². The predicted octanol–water partition coefficient (Wildman–Crippen LogP) is 3.12. The van der Waals surface area contributed by atoms with E-state index in [1.54, 1.807) is 18.3 Å². The maximum Gasteiger partial charge on any atom is 0.151 e. The van der Waals surface area contributed by atoms with Gasteiger partial charge in [0, 0.05) is 48.4 Å². The average Bonchev–Trinajstić information content (AvgIpc) is 2.75. The summed E-state index contributed by atoms with van der Waals surface area (Å²) in [6.45, 7) is 1.95. The highest BCUT2D eigenvalue weighted by Crippen LogP contribution is 2.27. The van der Waals surface area contributed by atoms with E-state index in [-0.39, 0.29) is 24.2 Å². The summed E-state index contributed by atoms with van der Waals surface area (Å²) in [6, 6.07) is 15.4. The molecule has 1 aliphatic rings. The minimum Gasteiger partial charge on any atom is -0.508 e. The lowest BCUT2D eigenvalue weighted by Gasteiger charge is -2.32. The highest BCUT2D eigenvalue weighted by Gasteiger charge is 2.22. The number of ketones is 1. The van der Waals surface area contributed by atoms with Gasteiger partial charge in [-0.05, 0) is 48.7 Å². The van der Waals surface area contributed by atoms with Gasteiger partial charge in [-0.2, -0.15) is 0 Å². The number of aliphatic hydroxyl groups excluding tert-OH is 1. The van der Waals surface area contributed by atoms with Crippen molar-refractivity contribution in [2.24, 2.45) is 0 Å². The maximum atomic E-state index is 12.6. The Labute approximate surface area is 176 Å². The van der Waals surface area contributed by atoms with Crippen LogP contribution in [0.3, 0.4) is 0 Å². The number of Topliss-reactive ketones (excluding diaryl/α,β-unsaturated/α-hetero) is 1. The Kier molecular flexibility index (Phi) is 6.26. The summed E-state index contributed by atoms with van der Waals surface area (Å²) in [6.07, 6.45) is 4.04. The molecule has 4 rings (SSSR count). The normalized spacial score (nSPS) is 15.4. The number of phenols is 1. The van der Waals surface area contributed by atoms with Gasteiger partial charge in [-0.3, -0.25) is 14.7 Å². The molecule has 1 aromatic heterocycles. The number of hydrogen-bond acceptors (Lipinski definition) is 6. The summed E-state index contributed by atoms with van der Waals surface area (Å²) in [7, 11) is 0. The standard InChI is InChI=1S/C24H27N3O3/c28-16-21-23(4-1-5-24(21)30)26-19-8-11-27(12-9-19)15-20(29)14-17-6-7-22-18(13-17)3-2-10-25-22/h1-7,10,13,19,26,28,30H,8-9,11-12,14-16H2. The van der Waals surface area contributed by atoms with E-state index in [9.17, 15) is 15.0 Å². The van der Waals surface area contributed by atoms with E-state index in [2.05, 4.69) is 15.2 Å². The van der Waals surface area contributed by atoms with Gasteiger partial charge in [0.2, 0.25) is 0 Å². The molecule has 0 unspecified atom stereocenters. The second kappa shape index (κ2) is 9.24. The monoisotopic (exact) mass is 405 g/mol. The van der Waals surface area contributed by atoms with E-state index >= 15 is 0 Å². The number of fused-ring (bicyclic) bond motifs is 1. The number of benzene rings is 2. The Bertz CT molecular complexity index is 1030. The second-order valence-electron chi connectivity index (χ2n) is 7.90. The Morgan fingerprint density at radius 2 is 1.97 bits per heavy atom. The van der Waals surface area contributed by atoms with Crippen molar-refractivity contribution in [1.29, 1.82) is 0 Å². The lowest BCUT2D eigenvalue weighted by Crippen LogP contribution is -2.41. The summed E-state index contributed by atoms with van der Waals surface area (Å²) in [5, 5.41) is 23.9. The fourth-order valence-corrected chi connectivity index (χ4v) is 4.10. The number of nitrogens with one attached hydrogen (secondary N) is 1. The van der Waals surface area contributed by atoms with Crippen molar-refractivity contribution in [1.82, 2.24) is 9.88 Å². The highest BCUT2D eigenvalue weighted by molar-refractivity contribution is 5.85. The fourth-order valence-electron chi connectivity index (χ4n) is 4.10. The number of hydrogen-bond donors (Lipinski definition) is 3. The van der Waals surface area contributed by atoms with Gasteiger partial charge in [-0.1, -0.05) is 18.2 Å². The third-order valence-electron chi connectivity index (χ3n) is 5.73. The third-order valence-corrected chi connectivity index (χ3v) is 5.73. The molecule has 0 bridgehead atoms. The van der Waals surface area contributed by atoms with Crippen molar-refractivity contribution in [3.05, 3.63) is 65.9 Å². The van der Waals surface area contributed by atoms with Gasteiger partial charge in [0.1, 0.15) is 5.75 Å². The Morgan fingerprint density at radius 3 is 2.77 bits per heavy atom. The number of likely N-dealkylation sites (tertiary alicyclic amines) is 1. The molecule has 2 heterocycles. The number of piperidine rings is 1. The summed E-state index contributed by atoms with van der Waals surface area (Å²) >= 11 is 0. The van der Waals surface area contributed by atoms with Gasteiger partial charge in [0.25, 0.3) is 0 Å². The number of carbonyl (C=O) groups is 1. The lowest BCUT2D eigenvalue weighted by atomic mass is 10.0. The van der Waals surface area contributed by atoms with Gasteiger partial charge in [0.15, 0.2) is 5.78 Å². The number of aliphatic hydroxyl groups is 1. The molecule has 6 nitrogen and oxygen atoms in total. The van der Waals surface area contributed by atoms with E-state index in [0.29, 0.717) is 18.5 Å². The number of pyridine rings is 1. The maximum absolute atomic E-state index is 12.6. The number of nitrogens with zero attached hydrogens (tertiary/aromatic N) is 2. The van der Waals surface area contributed by atoms with Gasteiger partial charge < -0.3 is 15.5 Å². The molecular weight excluding hydrogens is 378 g/mol. The lowest BCUT2D eigenvalue weighted by molar-refractivity contribution is -0.119. The number of rotatable bonds is 7. The van der Waals surface area contributed by atoms with Crippen molar-refractivity contribution in [2.75, 3.05) is 25.0 Å². The molecule has 1 fully saturated rings. The molecule has 0 atom stereocenters. The first-order valence-corrected chi connectivity index (χ1v) is 10.4. The van der Waals surface area contributed by atoms with Gasteiger partial charge in [-0.25, -0.2) is 0 Å². The predicted molar refractivity (Wildman–Crippen MR) is 118 cm³/mol.